The third-order valence-corrected chi connectivity index (χ3v) is 3.02. The fourth-order valence-electron chi connectivity index (χ4n) is 2.19. The Labute approximate surface area is 107 Å². The molecule has 0 radical (unpaired) electrons. The van der Waals surface area contributed by atoms with Crippen molar-refractivity contribution in [2.24, 2.45) is 5.73 Å². The second-order valence-corrected chi connectivity index (χ2v) is 4.57. The molecule has 1 aliphatic rings. The van der Waals surface area contributed by atoms with Crippen molar-refractivity contribution in [3.05, 3.63) is 23.0 Å². The Kier molecular flexibility index (Phi) is 3.81. The summed E-state index contributed by atoms with van der Waals surface area (Å²) >= 11 is 0. The number of rotatable bonds is 3. The highest BCUT2D eigenvalue weighted by Gasteiger charge is 2.19. The van der Waals surface area contributed by atoms with Gasteiger partial charge in [-0.1, -0.05) is 0 Å². The molecule has 0 aliphatic carbocycles. The van der Waals surface area contributed by atoms with Crippen LogP contribution in [0.5, 0.6) is 5.75 Å². The van der Waals surface area contributed by atoms with E-state index in [-0.39, 0.29) is 11.9 Å². The number of ether oxygens (including phenoxy) is 2. The molecule has 1 aliphatic heterocycles. The number of pyridine rings is 1. The molecule has 1 aromatic heterocycles. The third-order valence-electron chi connectivity index (χ3n) is 3.02. The zero-order valence-corrected chi connectivity index (χ0v) is 10.8. The summed E-state index contributed by atoms with van der Waals surface area (Å²) in [6.45, 7) is 5.21. The van der Waals surface area contributed by atoms with Crippen molar-refractivity contribution in [2.75, 3.05) is 13.2 Å². The van der Waals surface area contributed by atoms with Gasteiger partial charge in [0.05, 0.1) is 24.5 Å². The summed E-state index contributed by atoms with van der Waals surface area (Å²) in [5.74, 6) is 0.668. The number of nitrogens with zero attached hydrogens (tertiary/aromatic N) is 1. The Balaban J connectivity index is 2.27. The summed E-state index contributed by atoms with van der Waals surface area (Å²) < 4.78 is 11.3. The Hall–Kier alpha value is -1.62. The largest absolute Gasteiger partial charge is 0.489 e. The van der Waals surface area contributed by atoms with Crippen molar-refractivity contribution in [1.82, 2.24) is 4.98 Å². The number of aryl methyl sites for hydroxylation is 2. The summed E-state index contributed by atoms with van der Waals surface area (Å²) in [5, 5.41) is 7.64. The molecule has 5 nitrogen and oxygen atoms in total. The lowest BCUT2D eigenvalue weighted by atomic mass is 10.1. The zero-order valence-electron chi connectivity index (χ0n) is 10.8. The summed E-state index contributed by atoms with van der Waals surface area (Å²) in [6, 6.07) is 1.85. The number of nitrogen functional groups attached to an aromatic ring is 1. The first kappa shape index (κ1) is 12.8. The minimum Gasteiger partial charge on any atom is -0.489 e. The summed E-state index contributed by atoms with van der Waals surface area (Å²) in [4.78, 5) is 4.32. The van der Waals surface area contributed by atoms with E-state index in [2.05, 4.69) is 4.98 Å². The predicted molar refractivity (Wildman–Crippen MR) is 69.2 cm³/mol. The van der Waals surface area contributed by atoms with Crippen LogP contribution in [0.4, 0.5) is 0 Å². The van der Waals surface area contributed by atoms with Gasteiger partial charge >= 0.3 is 0 Å². The van der Waals surface area contributed by atoms with Gasteiger partial charge in [-0.2, -0.15) is 0 Å². The third kappa shape index (κ3) is 2.79. The average molecular weight is 249 g/mol. The molecular weight excluding hydrogens is 230 g/mol. The molecule has 0 unspecified atom stereocenters. The molecule has 18 heavy (non-hydrogen) atoms. The highest BCUT2D eigenvalue weighted by molar-refractivity contribution is 5.98. The van der Waals surface area contributed by atoms with E-state index in [9.17, 15) is 0 Å². The molecule has 0 aromatic carbocycles. The first-order valence-corrected chi connectivity index (χ1v) is 6.15. The maximum Gasteiger partial charge on any atom is 0.134 e. The smallest absolute Gasteiger partial charge is 0.134 e. The normalized spacial score (nSPS) is 16.6. The van der Waals surface area contributed by atoms with Crippen LogP contribution in [0.2, 0.25) is 0 Å². The maximum absolute atomic E-state index is 7.64. The fraction of sp³-hybridized carbons (Fsp3) is 0.538. The summed E-state index contributed by atoms with van der Waals surface area (Å²) in [7, 11) is 0. The van der Waals surface area contributed by atoms with Gasteiger partial charge in [0, 0.05) is 24.6 Å². The molecule has 3 N–H and O–H groups in total. The van der Waals surface area contributed by atoms with E-state index < -0.39 is 0 Å². The molecule has 1 aromatic rings. The van der Waals surface area contributed by atoms with Crippen LogP contribution in [0, 0.1) is 19.3 Å². The Bertz CT molecular complexity index is 454. The van der Waals surface area contributed by atoms with Crippen molar-refractivity contribution in [1.29, 1.82) is 5.41 Å². The Morgan fingerprint density at radius 1 is 1.44 bits per heavy atom. The van der Waals surface area contributed by atoms with Gasteiger partial charge in [-0.25, -0.2) is 0 Å². The highest BCUT2D eigenvalue weighted by Crippen LogP contribution is 2.25. The van der Waals surface area contributed by atoms with Crippen molar-refractivity contribution < 1.29 is 9.47 Å². The van der Waals surface area contributed by atoms with E-state index in [0.717, 1.165) is 37.4 Å². The lowest BCUT2D eigenvalue weighted by Gasteiger charge is -2.25. The van der Waals surface area contributed by atoms with Crippen molar-refractivity contribution in [2.45, 2.75) is 32.8 Å². The topological polar surface area (TPSA) is 81.2 Å². The van der Waals surface area contributed by atoms with E-state index in [1.165, 1.54) is 0 Å². The van der Waals surface area contributed by atoms with Gasteiger partial charge in [0.15, 0.2) is 0 Å². The quantitative estimate of drug-likeness (QED) is 0.629. The van der Waals surface area contributed by atoms with E-state index >= 15 is 0 Å². The monoisotopic (exact) mass is 249 g/mol. The molecule has 5 heteroatoms. The zero-order chi connectivity index (χ0) is 13.1. The SMILES string of the molecule is Cc1cc(OC2CCOCC2)c(C(=N)N)c(C)n1. The minimum absolute atomic E-state index is 0.00191. The lowest BCUT2D eigenvalue weighted by molar-refractivity contribution is 0.0254. The number of nitrogens with two attached hydrogens (primary N) is 1. The van der Waals surface area contributed by atoms with E-state index in [1.807, 2.05) is 19.9 Å². The number of amidine groups is 1. The van der Waals surface area contributed by atoms with Crippen LogP contribution in [0.15, 0.2) is 6.07 Å². The van der Waals surface area contributed by atoms with Gasteiger partial charge in [-0.15, -0.1) is 0 Å². The summed E-state index contributed by atoms with van der Waals surface area (Å²) in [6.07, 6.45) is 1.88. The van der Waals surface area contributed by atoms with Crippen LogP contribution in [0.25, 0.3) is 0 Å². The summed E-state index contributed by atoms with van der Waals surface area (Å²) in [5.41, 5.74) is 7.83. The van der Waals surface area contributed by atoms with Crippen LogP contribution in [-0.2, 0) is 4.74 Å². The number of aromatic nitrogens is 1. The average Bonchev–Trinajstić information content (AvgIpc) is 2.28. The molecule has 0 saturated carbocycles. The van der Waals surface area contributed by atoms with Crippen LogP contribution in [0.3, 0.4) is 0 Å². The van der Waals surface area contributed by atoms with Gasteiger partial charge in [0.25, 0.3) is 0 Å². The van der Waals surface area contributed by atoms with E-state index in [0.29, 0.717) is 11.3 Å². The molecule has 0 amide bonds. The lowest BCUT2D eigenvalue weighted by Crippen LogP contribution is -2.27. The van der Waals surface area contributed by atoms with Gasteiger partial charge in [-0.3, -0.25) is 10.4 Å². The standard InChI is InChI=1S/C13H19N3O2/c1-8-7-11(12(13(14)15)9(2)16-8)18-10-3-5-17-6-4-10/h7,10H,3-6H2,1-2H3,(H3,14,15). The van der Waals surface area contributed by atoms with Gasteiger partial charge in [0.1, 0.15) is 17.7 Å². The molecule has 2 rings (SSSR count). The molecule has 1 saturated heterocycles. The first-order chi connectivity index (χ1) is 8.58. The van der Waals surface area contributed by atoms with Gasteiger partial charge < -0.3 is 15.2 Å². The predicted octanol–water partition coefficient (Wildman–Crippen LogP) is 1.54. The maximum atomic E-state index is 7.64. The first-order valence-electron chi connectivity index (χ1n) is 6.15. The second-order valence-electron chi connectivity index (χ2n) is 4.57. The molecule has 1 fully saturated rings. The van der Waals surface area contributed by atoms with Crippen molar-refractivity contribution >= 4 is 5.84 Å². The molecule has 2 heterocycles. The highest BCUT2D eigenvalue weighted by atomic mass is 16.5. The van der Waals surface area contributed by atoms with Crippen molar-refractivity contribution in [3.8, 4) is 5.75 Å². The molecule has 0 bridgehead atoms. The Morgan fingerprint density at radius 3 is 2.72 bits per heavy atom. The van der Waals surface area contributed by atoms with Gasteiger partial charge in [0.2, 0.25) is 0 Å². The van der Waals surface area contributed by atoms with Crippen LogP contribution in [-0.4, -0.2) is 30.1 Å². The number of hydrogen-bond donors (Lipinski definition) is 2. The van der Waals surface area contributed by atoms with Crippen molar-refractivity contribution in [3.63, 3.8) is 0 Å². The Morgan fingerprint density at radius 2 is 2.11 bits per heavy atom. The minimum atomic E-state index is 0.00191. The van der Waals surface area contributed by atoms with E-state index in [4.69, 9.17) is 20.6 Å². The molecular formula is C13H19N3O2. The van der Waals surface area contributed by atoms with Crippen LogP contribution >= 0.6 is 0 Å². The second kappa shape index (κ2) is 5.35. The molecule has 98 valence electrons. The number of hydrogen-bond acceptors (Lipinski definition) is 4. The number of nitrogens with one attached hydrogen (secondary N) is 1. The fourth-order valence-corrected chi connectivity index (χ4v) is 2.19. The van der Waals surface area contributed by atoms with Crippen LogP contribution in [0.1, 0.15) is 29.8 Å². The van der Waals surface area contributed by atoms with Crippen LogP contribution < -0.4 is 10.5 Å². The van der Waals surface area contributed by atoms with Gasteiger partial charge in [-0.05, 0) is 13.8 Å². The van der Waals surface area contributed by atoms with E-state index in [1.54, 1.807) is 0 Å². The molecule has 0 atom stereocenters. The molecule has 0 spiro atoms.